The minimum absolute atomic E-state index is 0.145. The molecular weight excluding hydrogens is 218 g/mol. The van der Waals surface area contributed by atoms with Crippen molar-refractivity contribution in [3.05, 3.63) is 15.9 Å². The van der Waals surface area contributed by atoms with Crippen LogP contribution in [0.4, 0.5) is 0 Å². The van der Waals surface area contributed by atoms with Gasteiger partial charge < -0.3 is 5.73 Å². The minimum atomic E-state index is 0.145. The second-order valence-corrected chi connectivity index (χ2v) is 4.03. The van der Waals surface area contributed by atoms with Crippen LogP contribution in [0.2, 0.25) is 0 Å². The topological polar surface area (TPSA) is 43.8 Å². The van der Waals surface area contributed by atoms with Crippen LogP contribution in [0.3, 0.4) is 0 Å². The molecule has 1 aliphatic rings. The highest BCUT2D eigenvalue weighted by Gasteiger charge is 2.23. The zero-order valence-corrected chi connectivity index (χ0v) is 8.63. The molecule has 2 N–H and O–H groups in total. The van der Waals surface area contributed by atoms with E-state index in [1.54, 1.807) is 0 Å². The van der Waals surface area contributed by atoms with Gasteiger partial charge in [0.15, 0.2) is 0 Å². The molecule has 1 aromatic heterocycles. The van der Waals surface area contributed by atoms with E-state index in [0.29, 0.717) is 0 Å². The van der Waals surface area contributed by atoms with Gasteiger partial charge in [-0.15, -0.1) is 0 Å². The Morgan fingerprint density at radius 1 is 1.67 bits per heavy atom. The Balaban J connectivity index is 2.52. The Morgan fingerprint density at radius 2 is 2.42 bits per heavy atom. The monoisotopic (exact) mass is 229 g/mol. The summed E-state index contributed by atoms with van der Waals surface area (Å²) in [5, 5.41) is 4.38. The number of fused-ring (bicyclic) bond motifs is 1. The average molecular weight is 230 g/mol. The number of hydrogen-bond acceptors (Lipinski definition) is 2. The Hall–Kier alpha value is -0.350. The van der Waals surface area contributed by atoms with Crippen LogP contribution in [0.1, 0.15) is 30.1 Å². The van der Waals surface area contributed by atoms with Crippen LogP contribution in [-0.4, -0.2) is 9.78 Å². The first-order valence-electron chi connectivity index (χ1n) is 4.17. The maximum absolute atomic E-state index is 5.93. The van der Waals surface area contributed by atoms with E-state index in [0.717, 1.165) is 23.1 Å². The van der Waals surface area contributed by atoms with Gasteiger partial charge >= 0.3 is 0 Å². The molecule has 0 saturated carbocycles. The molecule has 0 amide bonds. The van der Waals surface area contributed by atoms with Crippen LogP contribution in [0.5, 0.6) is 0 Å². The molecule has 1 aliphatic carbocycles. The quantitative estimate of drug-likeness (QED) is 0.734. The number of nitrogens with two attached hydrogens (primary N) is 1. The van der Waals surface area contributed by atoms with Crippen molar-refractivity contribution < 1.29 is 0 Å². The molecule has 1 aromatic rings. The molecule has 3 nitrogen and oxygen atoms in total. The number of aryl methyl sites for hydroxylation is 1. The van der Waals surface area contributed by atoms with Gasteiger partial charge in [-0.2, -0.15) is 5.10 Å². The number of hydrogen-bond donors (Lipinski definition) is 1. The molecule has 1 heterocycles. The fourth-order valence-electron chi connectivity index (χ4n) is 1.73. The van der Waals surface area contributed by atoms with E-state index >= 15 is 0 Å². The predicted molar refractivity (Wildman–Crippen MR) is 50.8 cm³/mol. The summed E-state index contributed by atoms with van der Waals surface area (Å²) in [6, 6.07) is 0.145. The van der Waals surface area contributed by atoms with Gasteiger partial charge in [0, 0.05) is 18.7 Å². The molecule has 66 valence electrons. The van der Waals surface area contributed by atoms with Crippen molar-refractivity contribution in [1.29, 1.82) is 0 Å². The van der Waals surface area contributed by atoms with E-state index in [-0.39, 0.29) is 6.04 Å². The van der Waals surface area contributed by atoms with Gasteiger partial charge in [0.05, 0.1) is 5.69 Å². The summed E-state index contributed by atoms with van der Waals surface area (Å²) in [5.41, 5.74) is 8.31. The zero-order valence-electron chi connectivity index (χ0n) is 7.05. The molecule has 0 radical (unpaired) electrons. The predicted octanol–water partition coefficient (Wildman–Crippen LogP) is 1.52. The summed E-state index contributed by atoms with van der Waals surface area (Å²) < 4.78 is 2.95. The molecule has 1 unspecified atom stereocenters. The number of nitrogens with zero attached hydrogens (tertiary/aromatic N) is 2. The molecule has 4 heteroatoms. The van der Waals surface area contributed by atoms with Crippen molar-refractivity contribution >= 4 is 15.9 Å². The maximum atomic E-state index is 5.93. The average Bonchev–Trinajstić information content (AvgIpc) is 2.32. The third-order valence-corrected chi connectivity index (χ3v) is 3.39. The maximum Gasteiger partial charge on any atom is 0.107 e. The van der Waals surface area contributed by atoms with Gasteiger partial charge in [0.1, 0.15) is 4.60 Å². The first-order chi connectivity index (χ1) is 5.70. The Bertz CT molecular complexity index is 305. The summed E-state index contributed by atoms with van der Waals surface area (Å²) in [6.07, 6.45) is 3.35. The fraction of sp³-hybridized carbons (Fsp3) is 0.625. The fourth-order valence-corrected chi connectivity index (χ4v) is 2.21. The smallest absolute Gasteiger partial charge is 0.107 e. The van der Waals surface area contributed by atoms with E-state index in [1.165, 1.54) is 12.0 Å². The molecular formula is C8H12BrN3. The molecule has 0 bridgehead atoms. The van der Waals surface area contributed by atoms with Crippen molar-refractivity contribution in [3.8, 4) is 0 Å². The van der Waals surface area contributed by atoms with Crippen molar-refractivity contribution in [2.24, 2.45) is 12.8 Å². The van der Waals surface area contributed by atoms with Crippen molar-refractivity contribution in [3.63, 3.8) is 0 Å². The minimum Gasteiger partial charge on any atom is -0.323 e. The molecule has 0 fully saturated rings. The first-order valence-corrected chi connectivity index (χ1v) is 4.96. The van der Waals surface area contributed by atoms with Gasteiger partial charge in [0.25, 0.3) is 0 Å². The highest BCUT2D eigenvalue weighted by Crippen LogP contribution is 2.31. The second-order valence-electron chi connectivity index (χ2n) is 3.28. The van der Waals surface area contributed by atoms with E-state index in [2.05, 4.69) is 21.0 Å². The summed E-state index contributed by atoms with van der Waals surface area (Å²) in [4.78, 5) is 0. The van der Waals surface area contributed by atoms with E-state index in [1.807, 2.05) is 11.7 Å². The van der Waals surface area contributed by atoms with E-state index in [4.69, 9.17) is 5.73 Å². The third kappa shape index (κ3) is 1.10. The van der Waals surface area contributed by atoms with Gasteiger partial charge in [0.2, 0.25) is 0 Å². The number of rotatable bonds is 0. The molecule has 12 heavy (non-hydrogen) atoms. The molecule has 0 aromatic carbocycles. The molecule has 0 saturated heterocycles. The Labute approximate surface area is 80.1 Å². The lowest BCUT2D eigenvalue weighted by molar-refractivity contribution is 0.553. The van der Waals surface area contributed by atoms with E-state index < -0.39 is 0 Å². The van der Waals surface area contributed by atoms with E-state index in [9.17, 15) is 0 Å². The van der Waals surface area contributed by atoms with Crippen LogP contribution in [0.25, 0.3) is 0 Å². The summed E-state index contributed by atoms with van der Waals surface area (Å²) in [7, 11) is 1.94. The Morgan fingerprint density at radius 3 is 3.08 bits per heavy atom. The van der Waals surface area contributed by atoms with Crippen LogP contribution in [0, 0.1) is 0 Å². The largest absolute Gasteiger partial charge is 0.323 e. The zero-order chi connectivity index (χ0) is 8.72. The highest BCUT2D eigenvalue weighted by atomic mass is 79.9. The first kappa shape index (κ1) is 8.26. The molecule has 2 rings (SSSR count). The van der Waals surface area contributed by atoms with Crippen molar-refractivity contribution in [2.75, 3.05) is 0 Å². The van der Waals surface area contributed by atoms with Crippen LogP contribution in [0.15, 0.2) is 4.60 Å². The number of halogens is 1. The van der Waals surface area contributed by atoms with Gasteiger partial charge in [-0.1, -0.05) is 0 Å². The summed E-state index contributed by atoms with van der Waals surface area (Å²) in [6.45, 7) is 0. The second kappa shape index (κ2) is 2.85. The highest BCUT2D eigenvalue weighted by molar-refractivity contribution is 9.10. The SMILES string of the molecule is Cn1nc2c(c1Br)CCCC2N. The van der Waals surface area contributed by atoms with Crippen molar-refractivity contribution in [1.82, 2.24) is 9.78 Å². The molecule has 0 spiro atoms. The normalized spacial score (nSPS) is 22.4. The van der Waals surface area contributed by atoms with Gasteiger partial charge in [-0.05, 0) is 35.2 Å². The van der Waals surface area contributed by atoms with Gasteiger partial charge in [-0.25, -0.2) is 0 Å². The van der Waals surface area contributed by atoms with Crippen LogP contribution < -0.4 is 5.73 Å². The molecule has 1 atom stereocenters. The lowest BCUT2D eigenvalue weighted by atomic mass is 9.94. The van der Waals surface area contributed by atoms with Gasteiger partial charge in [-0.3, -0.25) is 4.68 Å². The van der Waals surface area contributed by atoms with Crippen LogP contribution in [-0.2, 0) is 13.5 Å². The van der Waals surface area contributed by atoms with Crippen molar-refractivity contribution in [2.45, 2.75) is 25.3 Å². The standard InChI is InChI=1S/C8H12BrN3/c1-12-8(9)5-3-2-4-6(10)7(5)11-12/h6H,2-4,10H2,1H3. The molecule has 0 aliphatic heterocycles. The Kier molecular flexibility index (Phi) is 1.96. The lowest BCUT2D eigenvalue weighted by Crippen LogP contribution is -2.17. The summed E-state index contributed by atoms with van der Waals surface area (Å²) >= 11 is 3.51. The number of aromatic nitrogens is 2. The lowest BCUT2D eigenvalue weighted by Gasteiger charge is -2.16. The summed E-state index contributed by atoms with van der Waals surface area (Å²) in [5.74, 6) is 0. The van der Waals surface area contributed by atoms with Crippen LogP contribution >= 0.6 is 15.9 Å². The third-order valence-electron chi connectivity index (χ3n) is 2.39.